The molecule has 1 aromatic carbocycles. The summed E-state index contributed by atoms with van der Waals surface area (Å²) in [5, 5.41) is 0.232. The van der Waals surface area contributed by atoms with Gasteiger partial charge in [-0.3, -0.25) is 9.36 Å². The van der Waals surface area contributed by atoms with E-state index in [0.717, 1.165) is 10.2 Å². The maximum atomic E-state index is 11.8. The number of nitrogens with zero attached hydrogens (tertiary/aromatic N) is 2. The molecule has 0 aliphatic heterocycles. The number of rotatable bonds is 4. The number of halogens is 3. The normalized spacial score (nSPS) is 10.5. The molecule has 0 saturated carbocycles. The lowest BCUT2D eigenvalue weighted by molar-refractivity contribution is 0.295. The van der Waals surface area contributed by atoms with Gasteiger partial charge in [0.1, 0.15) is 21.1 Å². The summed E-state index contributed by atoms with van der Waals surface area (Å²) in [6, 6.07) is 7.51. The Kier molecular flexibility index (Phi) is 5.23. The van der Waals surface area contributed by atoms with Gasteiger partial charge in [-0.2, -0.15) is 0 Å². The highest BCUT2D eigenvalue weighted by molar-refractivity contribution is 14.1. The van der Waals surface area contributed by atoms with Gasteiger partial charge in [-0.1, -0.05) is 27.5 Å². The van der Waals surface area contributed by atoms with Crippen molar-refractivity contribution in [1.82, 2.24) is 9.55 Å². The summed E-state index contributed by atoms with van der Waals surface area (Å²) in [4.78, 5) is 15.8. The Labute approximate surface area is 137 Å². The van der Waals surface area contributed by atoms with Gasteiger partial charge in [0.25, 0.3) is 5.56 Å². The summed E-state index contributed by atoms with van der Waals surface area (Å²) in [5.41, 5.74) is -0.153. The first-order valence-electron chi connectivity index (χ1n) is 5.37. The molecule has 0 radical (unpaired) electrons. The smallest absolute Gasteiger partial charge is 0.268 e. The Morgan fingerprint density at radius 1 is 1.37 bits per heavy atom. The van der Waals surface area contributed by atoms with Crippen LogP contribution in [0.25, 0.3) is 0 Å². The SMILES string of the molecule is O=c1c(I)c(Cl)ncn1CCOc1ccc(Br)cc1. The van der Waals surface area contributed by atoms with E-state index < -0.39 is 0 Å². The zero-order valence-corrected chi connectivity index (χ0v) is 14.1. The minimum atomic E-state index is -0.153. The fourth-order valence-corrected chi connectivity index (χ4v) is 2.23. The lowest BCUT2D eigenvalue weighted by Crippen LogP contribution is -2.25. The van der Waals surface area contributed by atoms with Crippen molar-refractivity contribution in [2.45, 2.75) is 6.54 Å². The van der Waals surface area contributed by atoms with Gasteiger partial charge in [0.15, 0.2) is 0 Å². The molecular formula is C12H9BrClIN2O2. The Morgan fingerprint density at radius 3 is 2.74 bits per heavy atom. The van der Waals surface area contributed by atoms with E-state index >= 15 is 0 Å². The molecule has 0 aliphatic carbocycles. The molecule has 0 saturated heterocycles. The first-order chi connectivity index (χ1) is 9.08. The quantitative estimate of drug-likeness (QED) is 0.525. The first-order valence-corrected chi connectivity index (χ1v) is 7.61. The van der Waals surface area contributed by atoms with E-state index in [1.165, 1.54) is 10.9 Å². The third-order valence-electron chi connectivity index (χ3n) is 2.35. The van der Waals surface area contributed by atoms with Gasteiger partial charge in [0, 0.05) is 4.47 Å². The maximum Gasteiger partial charge on any atom is 0.268 e. The highest BCUT2D eigenvalue weighted by atomic mass is 127. The van der Waals surface area contributed by atoms with Crippen LogP contribution in [-0.4, -0.2) is 16.2 Å². The lowest BCUT2D eigenvalue weighted by Gasteiger charge is -2.08. The molecule has 4 nitrogen and oxygen atoms in total. The molecule has 0 atom stereocenters. The van der Waals surface area contributed by atoms with E-state index in [0.29, 0.717) is 16.7 Å². The van der Waals surface area contributed by atoms with E-state index in [1.54, 1.807) is 0 Å². The monoisotopic (exact) mass is 454 g/mol. The third kappa shape index (κ3) is 3.93. The van der Waals surface area contributed by atoms with Gasteiger partial charge in [-0.25, -0.2) is 4.98 Å². The van der Waals surface area contributed by atoms with Gasteiger partial charge < -0.3 is 4.74 Å². The van der Waals surface area contributed by atoms with Crippen LogP contribution in [0.1, 0.15) is 0 Å². The molecule has 0 fully saturated rings. The second-order valence-corrected chi connectivity index (χ2v) is 6.00. The van der Waals surface area contributed by atoms with E-state index in [9.17, 15) is 4.79 Å². The predicted octanol–water partition coefficient (Wildman–Crippen LogP) is 3.34. The highest BCUT2D eigenvalue weighted by Gasteiger charge is 2.06. The van der Waals surface area contributed by atoms with Gasteiger partial charge in [0.2, 0.25) is 0 Å². The minimum absolute atomic E-state index is 0.153. The fraction of sp³-hybridized carbons (Fsp3) is 0.167. The molecule has 100 valence electrons. The summed E-state index contributed by atoms with van der Waals surface area (Å²) in [7, 11) is 0. The first kappa shape index (κ1) is 14.8. The fourth-order valence-electron chi connectivity index (χ4n) is 1.40. The van der Waals surface area contributed by atoms with Gasteiger partial charge >= 0.3 is 0 Å². The van der Waals surface area contributed by atoms with E-state index in [1.807, 2.05) is 46.9 Å². The van der Waals surface area contributed by atoms with Crippen molar-refractivity contribution >= 4 is 50.1 Å². The summed E-state index contributed by atoms with van der Waals surface area (Å²) in [6.07, 6.45) is 1.43. The van der Waals surface area contributed by atoms with Crippen molar-refractivity contribution in [1.29, 1.82) is 0 Å². The Morgan fingerprint density at radius 2 is 2.05 bits per heavy atom. The van der Waals surface area contributed by atoms with E-state index in [-0.39, 0.29) is 10.7 Å². The summed E-state index contributed by atoms with van der Waals surface area (Å²) in [6.45, 7) is 0.815. The van der Waals surface area contributed by atoms with Crippen LogP contribution >= 0.6 is 50.1 Å². The molecule has 0 amide bonds. The predicted molar refractivity (Wildman–Crippen MR) is 85.9 cm³/mol. The van der Waals surface area contributed by atoms with Crippen LogP contribution in [-0.2, 0) is 6.54 Å². The van der Waals surface area contributed by atoms with Crippen LogP contribution < -0.4 is 10.3 Å². The van der Waals surface area contributed by atoms with Crippen molar-refractivity contribution in [2.75, 3.05) is 6.61 Å². The number of hydrogen-bond donors (Lipinski definition) is 0. The van der Waals surface area contributed by atoms with Crippen molar-refractivity contribution in [3.05, 3.63) is 54.1 Å². The van der Waals surface area contributed by atoms with Crippen LogP contribution in [0.15, 0.2) is 39.9 Å². The average Bonchev–Trinajstić information content (AvgIpc) is 2.41. The van der Waals surface area contributed by atoms with Gasteiger partial charge in [-0.05, 0) is 46.9 Å². The standard InChI is InChI=1S/C12H9BrClIN2O2/c13-8-1-3-9(4-2-8)19-6-5-17-7-16-11(14)10(15)12(17)18/h1-4,7H,5-6H2. The zero-order valence-electron chi connectivity index (χ0n) is 9.65. The van der Waals surface area contributed by atoms with E-state index in [2.05, 4.69) is 20.9 Å². The average molecular weight is 455 g/mol. The molecule has 2 rings (SSSR count). The molecule has 7 heteroatoms. The van der Waals surface area contributed by atoms with E-state index in [4.69, 9.17) is 16.3 Å². The second-order valence-electron chi connectivity index (χ2n) is 3.65. The summed E-state index contributed by atoms with van der Waals surface area (Å²) < 4.78 is 8.44. The lowest BCUT2D eigenvalue weighted by atomic mass is 10.3. The molecule has 0 spiro atoms. The third-order valence-corrected chi connectivity index (χ3v) is 4.46. The van der Waals surface area contributed by atoms with Crippen molar-refractivity contribution in [3.8, 4) is 5.75 Å². The number of benzene rings is 1. The van der Waals surface area contributed by atoms with Crippen molar-refractivity contribution < 1.29 is 4.74 Å². The summed E-state index contributed by atoms with van der Waals surface area (Å²) >= 11 is 11.0. The Balaban J connectivity index is 1.98. The Hall–Kier alpha value is -0.600. The van der Waals surface area contributed by atoms with Crippen LogP contribution in [0.2, 0.25) is 5.15 Å². The van der Waals surface area contributed by atoms with Gasteiger partial charge in [0.05, 0.1) is 12.9 Å². The topological polar surface area (TPSA) is 44.1 Å². The molecule has 0 unspecified atom stereocenters. The maximum absolute atomic E-state index is 11.8. The molecule has 2 aromatic rings. The molecule has 19 heavy (non-hydrogen) atoms. The second kappa shape index (κ2) is 6.71. The van der Waals surface area contributed by atoms with Crippen LogP contribution in [0.4, 0.5) is 0 Å². The highest BCUT2D eigenvalue weighted by Crippen LogP contribution is 2.16. The summed E-state index contributed by atoms with van der Waals surface area (Å²) in [5.74, 6) is 0.757. The Bertz CT molecular complexity index is 631. The molecular weight excluding hydrogens is 446 g/mol. The largest absolute Gasteiger partial charge is 0.492 e. The molecule has 1 aromatic heterocycles. The molecule has 0 bridgehead atoms. The molecule has 0 N–H and O–H groups in total. The molecule has 1 heterocycles. The molecule has 0 aliphatic rings. The van der Waals surface area contributed by atoms with Crippen LogP contribution in [0, 0.1) is 3.57 Å². The number of ether oxygens (including phenoxy) is 1. The van der Waals surface area contributed by atoms with Crippen LogP contribution in [0.3, 0.4) is 0 Å². The van der Waals surface area contributed by atoms with Crippen molar-refractivity contribution in [2.24, 2.45) is 0 Å². The number of aromatic nitrogens is 2. The van der Waals surface area contributed by atoms with Gasteiger partial charge in [-0.15, -0.1) is 0 Å². The van der Waals surface area contributed by atoms with Crippen molar-refractivity contribution in [3.63, 3.8) is 0 Å². The number of hydrogen-bond acceptors (Lipinski definition) is 3. The van der Waals surface area contributed by atoms with Crippen LogP contribution in [0.5, 0.6) is 5.75 Å². The zero-order chi connectivity index (χ0) is 13.8. The minimum Gasteiger partial charge on any atom is -0.492 e.